The predicted molar refractivity (Wildman–Crippen MR) is 90.9 cm³/mol. The summed E-state index contributed by atoms with van der Waals surface area (Å²) in [7, 11) is 4.21. The lowest BCUT2D eigenvalue weighted by Crippen LogP contribution is -2.32. The van der Waals surface area contributed by atoms with Gasteiger partial charge in [0.05, 0.1) is 0 Å². The van der Waals surface area contributed by atoms with Crippen LogP contribution in [0.2, 0.25) is 0 Å². The minimum absolute atomic E-state index is 0.545. The molecule has 0 fully saturated rings. The van der Waals surface area contributed by atoms with E-state index in [0.717, 1.165) is 25.5 Å². The molecule has 0 radical (unpaired) electrons. The van der Waals surface area contributed by atoms with Crippen molar-refractivity contribution >= 4 is 5.82 Å². The molecule has 0 aromatic carbocycles. The van der Waals surface area contributed by atoms with Gasteiger partial charge in [0, 0.05) is 25.8 Å². The lowest BCUT2D eigenvalue weighted by Gasteiger charge is -2.24. The number of anilines is 1. The fraction of sp³-hybridized carbons (Fsp3) is 0.706. The van der Waals surface area contributed by atoms with Crippen LogP contribution in [-0.4, -0.2) is 43.6 Å². The van der Waals surface area contributed by atoms with Crippen LogP contribution in [0.1, 0.15) is 51.7 Å². The zero-order valence-corrected chi connectivity index (χ0v) is 14.7. The van der Waals surface area contributed by atoms with Crippen molar-refractivity contribution in [2.45, 2.75) is 47.5 Å². The van der Waals surface area contributed by atoms with E-state index >= 15 is 0 Å². The molecule has 1 aromatic heterocycles. The smallest absolute Gasteiger partial charge is 0.128 e. The molecule has 0 aliphatic rings. The van der Waals surface area contributed by atoms with Crippen LogP contribution in [0, 0.1) is 6.92 Å². The Morgan fingerprint density at radius 3 is 2.15 bits per heavy atom. The van der Waals surface area contributed by atoms with Gasteiger partial charge in [0.2, 0.25) is 0 Å². The molecule has 0 unspecified atom stereocenters. The van der Waals surface area contributed by atoms with Gasteiger partial charge in [-0.3, -0.25) is 0 Å². The Bertz CT molecular complexity index is 372. The van der Waals surface area contributed by atoms with E-state index in [1.54, 1.807) is 0 Å². The average molecular weight is 279 g/mol. The van der Waals surface area contributed by atoms with E-state index in [-0.39, 0.29) is 0 Å². The van der Waals surface area contributed by atoms with Crippen molar-refractivity contribution in [3.63, 3.8) is 0 Å². The highest BCUT2D eigenvalue weighted by molar-refractivity contribution is 5.44. The number of aryl methyl sites for hydroxylation is 1. The van der Waals surface area contributed by atoms with Gasteiger partial charge in [0.25, 0.3) is 0 Å². The molecular formula is C17H33N3. The molecule has 1 aromatic rings. The van der Waals surface area contributed by atoms with Gasteiger partial charge in [-0.05, 0) is 51.1 Å². The highest BCUT2D eigenvalue weighted by atomic mass is 15.2. The van der Waals surface area contributed by atoms with Crippen LogP contribution in [0.15, 0.2) is 12.3 Å². The van der Waals surface area contributed by atoms with E-state index in [4.69, 9.17) is 0 Å². The minimum atomic E-state index is 0.545. The standard InChI is InChI=1S/C15H27N3.C2H6/c1-7-18(9-8-17(5)6)15-10-13(4)14(11-16-15)12(2)3;1-2/h10-12H,7-9H2,1-6H3;1-2H3. The topological polar surface area (TPSA) is 19.4 Å². The van der Waals surface area contributed by atoms with E-state index in [1.165, 1.54) is 11.1 Å². The summed E-state index contributed by atoms with van der Waals surface area (Å²) < 4.78 is 0. The van der Waals surface area contributed by atoms with Crippen molar-refractivity contribution in [2.24, 2.45) is 0 Å². The molecule has 3 nitrogen and oxygen atoms in total. The number of pyridine rings is 1. The van der Waals surface area contributed by atoms with Crippen LogP contribution >= 0.6 is 0 Å². The fourth-order valence-corrected chi connectivity index (χ4v) is 2.08. The molecule has 1 heterocycles. The monoisotopic (exact) mass is 279 g/mol. The Kier molecular flexibility index (Phi) is 9.23. The molecule has 0 saturated heterocycles. The van der Waals surface area contributed by atoms with Crippen LogP contribution in [-0.2, 0) is 0 Å². The van der Waals surface area contributed by atoms with Crippen LogP contribution < -0.4 is 4.90 Å². The Morgan fingerprint density at radius 2 is 1.75 bits per heavy atom. The third kappa shape index (κ3) is 5.91. The Labute approximate surface area is 126 Å². The lowest BCUT2D eigenvalue weighted by molar-refractivity contribution is 0.413. The first-order chi connectivity index (χ1) is 9.45. The molecule has 1 rings (SSSR count). The molecule has 0 atom stereocenters. The van der Waals surface area contributed by atoms with E-state index in [2.05, 4.69) is 62.6 Å². The van der Waals surface area contributed by atoms with Crippen LogP contribution in [0.4, 0.5) is 5.82 Å². The molecule has 0 aliphatic heterocycles. The molecule has 0 amide bonds. The second kappa shape index (κ2) is 9.76. The molecule has 0 N–H and O–H groups in total. The normalized spacial score (nSPS) is 10.5. The van der Waals surface area contributed by atoms with Crippen molar-refractivity contribution in [3.05, 3.63) is 23.4 Å². The summed E-state index contributed by atoms with van der Waals surface area (Å²) in [6.07, 6.45) is 2.04. The van der Waals surface area contributed by atoms with Crippen molar-refractivity contribution in [1.82, 2.24) is 9.88 Å². The van der Waals surface area contributed by atoms with Gasteiger partial charge in [-0.15, -0.1) is 0 Å². The minimum Gasteiger partial charge on any atom is -0.356 e. The van der Waals surface area contributed by atoms with Crippen LogP contribution in [0.5, 0.6) is 0 Å². The number of aromatic nitrogens is 1. The molecule has 3 heteroatoms. The molecule has 116 valence electrons. The van der Waals surface area contributed by atoms with E-state index in [1.807, 2.05) is 20.0 Å². The van der Waals surface area contributed by atoms with E-state index in [9.17, 15) is 0 Å². The molecule has 0 spiro atoms. The van der Waals surface area contributed by atoms with Gasteiger partial charge in [-0.1, -0.05) is 27.7 Å². The first kappa shape index (κ1) is 18.9. The first-order valence-electron chi connectivity index (χ1n) is 7.82. The number of hydrogen-bond donors (Lipinski definition) is 0. The van der Waals surface area contributed by atoms with Crippen molar-refractivity contribution in [3.8, 4) is 0 Å². The maximum absolute atomic E-state index is 4.62. The number of rotatable bonds is 6. The highest BCUT2D eigenvalue weighted by Crippen LogP contribution is 2.21. The maximum atomic E-state index is 4.62. The number of nitrogens with zero attached hydrogens (tertiary/aromatic N) is 3. The third-order valence-corrected chi connectivity index (χ3v) is 3.28. The summed E-state index contributed by atoms with van der Waals surface area (Å²) in [5, 5.41) is 0. The Morgan fingerprint density at radius 1 is 1.15 bits per heavy atom. The molecule has 0 aliphatic carbocycles. The van der Waals surface area contributed by atoms with Crippen molar-refractivity contribution < 1.29 is 0 Å². The molecule has 0 bridgehead atoms. The SMILES string of the molecule is CC.CCN(CCN(C)C)c1cc(C)c(C(C)C)cn1. The summed E-state index contributed by atoms with van der Waals surface area (Å²) in [4.78, 5) is 9.15. The molecular weight excluding hydrogens is 246 g/mol. The highest BCUT2D eigenvalue weighted by Gasteiger charge is 2.10. The zero-order chi connectivity index (χ0) is 15.7. The van der Waals surface area contributed by atoms with Crippen LogP contribution in [0.3, 0.4) is 0 Å². The van der Waals surface area contributed by atoms with Gasteiger partial charge < -0.3 is 9.80 Å². The predicted octanol–water partition coefficient (Wildman–Crippen LogP) is 3.93. The zero-order valence-electron chi connectivity index (χ0n) is 14.7. The van der Waals surface area contributed by atoms with Gasteiger partial charge in [-0.2, -0.15) is 0 Å². The van der Waals surface area contributed by atoms with Gasteiger partial charge in [0.1, 0.15) is 5.82 Å². The lowest BCUT2D eigenvalue weighted by atomic mass is 10.0. The second-order valence-corrected chi connectivity index (χ2v) is 5.44. The van der Waals surface area contributed by atoms with Gasteiger partial charge >= 0.3 is 0 Å². The molecule has 0 saturated carbocycles. The summed E-state index contributed by atoms with van der Waals surface area (Å²) in [5.74, 6) is 1.64. The van der Waals surface area contributed by atoms with Crippen molar-refractivity contribution in [1.29, 1.82) is 0 Å². The Balaban J connectivity index is 0.00000172. The van der Waals surface area contributed by atoms with Crippen LogP contribution in [0.25, 0.3) is 0 Å². The van der Waals surface area contributed by atoms with Gasteiger partial charge in [-0.25, -0.2) is 4.98 Å². The maximum Gasteiger partial charge on any atom is 0.128 e. The number of hydrogen-bond acceptors (Lipinski definition) is 3. The fourth-order valence-electron chi connectivity index (χ4n) is 2.08. The largest absolute Gasteiger partial charge is 0.356 e. The first-order valence-corrected chi connectivity index (χ1v) is 7.82. The average Bonchev–Trinajstić information content (AvgIpc) is 2.41. The van der Waals surface area contributed by atoms with E-state index in [0.29, 0.717) is 5.92 Å². The summed E-state index contributed by atoms with van der Waals surface area (Å²) >= 11 is 0. The summed E-state index contributed by atoms with van der Waals surface area (Å²) in [6.45, 7) is 15.9. The third-order valence-electron chi connectivity index (χ3n) is 3.28. The summed E-state index contributed by atoms with van der Waals surface area (Å²) in [5.41, 5.74) is 2.70. The quantitative estimate of drug-likeness (QED) is 0.786. The number of likely N-dealkylation sites (N-methyl/N-ethyl adjacent to an activating group) is 2. The van der Waals surface area contributed by atoms with Crippen molar-refractivity contribution in [2.75, 3.05) is 38.6 Å². The molecule has 20 heavy (non-hydrogen) atoms. The second-order valence-electron chi connectivity index (χ2n) is 5.44. The van der Waals surface area contributed by atoms with E-state index < -0.39 is 0 Å². The summed E-state index contributed by atoms with van der Waals surface area (Å²) in [6, 6.07) is 2.22. The Hall–Kier alpha value is -1.09. The van der Waals surface area contributed by atoms with Gasteiger partial charge in [0.15, 0.2) is 0 Å².